The standard InChI is InChI=1S/C19H21N5O3S.C2HF3O2/c1-27-18-8-7-15(13-21-18)19-22-17(14-23(19)16-5-3-2-4-6-16)24-11-9-20-10-12-28(24,25)26;3-2(4,5)1(6)7/h2-8,13-14,20H,9-12H2,1H3;(H,6,7). The lowest BCUT2D eigenvalue weighted by Crippen LogP contribution is -2.34. The molecular weight excluding hydrogens is 491 g/mol. The Morgan fingerprint density at radius 3 is 2.40 bits per heavy atom. The minimum absolute atomic E-state index is 0.0463. The van der Waals surface area contributed by atoms with Crippen LogP contribution in [0.25, 0.3) is 17.1 Å². The minimum Gasteiger partial charge on any atom is -0.481 e. The number of imidazole rings is 1. The van der Waals surface area contributed by atoms with Crippen molar-refractivity contribution in [2.75, 3.05) is 36.8 Å². The van der Waals surface area contributed by atoms with Gasteiger partial charge in [0.15, 0.2) is 5.82 Å². The molecule has 14 heteroatoms. The van der Waals surface area contributed by atoms with Crippen molar-refractivity contribution in [3.63, 3.8) is 0 Å². The summed E-state index contributed by atoms with van der Waals surface area (Å²) in [6, 6.07) is 13.3. The Morgan fingerprint density at radius 2 is 1.83 bits per heavy atom. The molecule has 4 rings (SSSR count). The first-order chi connectivity index (χ1) is 16.5. The number of nitrogens with one attached hydrogen (secondary N) is 1. The summed E-state index contributed by atoms with van der Waals surface area (Å²) in [6.07, 6.45) is -1.65. The van der Waals surface area contributed by atoms with Crippen molar-refractivity contribution in [3.05, 3.63) is 54.9 Å². The predicted octanol–water partition coefficient (Wildman–Crippen LogP) is 2.32. The van der Waals surface area contributed by atoms with Gasteiger partial charge in [0, 0.05) is 43.1 Å². The average molecular weight is 513 g/mol. The van der Waals surface area contributed by atoms with E-state index in [9.17, 15) is 21.6 Å². The van der Waals surface area contributed by atoms with Gasteiger partial charge in [0.25, 0.3) is 0 Å². The van der Waals surface area contributed by atoms with Gasteiger partial charge in [-0.3, -0.25) is 8.87 Å². The molecule has 35 heavy (non-hydrogen) atoms. The van der Waals surface area contributed by atoms with Crippen molar-refractivity contribution in [1.29, 1.82) is 0 Å². The minimum atomic E-state index is -5.08. The van der Waals surface area contributed by atoms with E-state index in [0.717, 1.165) is 11.3 Å². The lowest BCUT2D eigenvalue weighted by Gasteiger charge is -2.18. The van der Waals surface area contributed by atoms with Crippen LogP contribution < -0.4 is 14.4 Å². The van der Waals surface area contributed by atoms with Gasteiger partial charge < -0.3 is 15.2 Å². The van der Waals surface area contributed by atoms with E-state index in [1.807, 2.05) is 41.0 Å². The number of alkyl halides is 3. The van der Waals surface area contributed by atoms with Crippen LogP contribution in [0.2, 0.25) is 0 Å². The van der Waals surface area contributed by atoms with E-state index in [1.54, 1.807) is 25.6 Å². The molecule has 0 amide bonds. The van der Waals surface area contributed by atoms with Gasteiger partial charge in [-0.15, -0.1) is 0 Å². The number of carbonyl (C=O) groups is 1. The molecule has 3 aromatic rings. The normalized spacial score (nSPS) is 15.5. The number of anilines is 1. The molecule has 0 aliphatic carbocycles. The number of sulfonamides is 1. The number of ether oxygens (including phenoxy) is 1. The first kappa shape index (κ1) is 26.0. The van der Waals surface area contributed by atoms with E-state index in [1.165, 1.54) is 4.31 Å². The van der Waals surface area contributed by atoms with Gasteiger partial charge in [-0.25, -0.2) is 23.2 Å². The topological polar surface area (TPSA) is 127 Å². The zero-order chi connectivity index (χ0) is 25.6. The lowest BCUT2D eigenvalue weighted by molar-refractivity contribution is -0.192. The molecule has 0 radical (unpaired) electrons. The second kappa shape index (κ2) is 10.7. The maximum absolute atomic E-state index is 12.7. The van der Waals surface area contributed by atoms with E-state index < -0.39 is 22.2 Å². The molecule has 2 aromatic heterocycles. The van der Waals surface area contributed by atoms with E-state index in [0.29, 0.717) is 37.2 Å². The van der Waals surface area contributed by atoms with Gasteiger partial charge >= 0.3 is 12.1 Å². The van der Waals surface area contributed by atoms with E-state index in [2.05, 4.69) is 15.3 Å². The van der Waals surface area contributed by atoms with Crippen LogP contribution in [0.15, 0.2) is 54.9 Å². The molecule has 10 nitrogen and oxygen atoms in total. The second-order valence-corrected chi connectivity index (χ2v) is 9.17. The predicted molar refractivity (Wildman–Crippen MR) is 121 cm³/mol. The molecule has 0 bridgehead atoms. The van der Waals surface area contributed by atoms with E-state index in [4.69, 9.17) is 14.6 Å². The van der Waals surface area contributed by atoms with Crippen LogP contribution in [0.3, 0.4) is 0 Å². The maximum Gasteiger partial charge on any atom is 0.490 e. The molecule has 1 fully saturated rings. The van der Waals surface area contributed by atoms with Crippen molar-refractivity contribution in [2.24, 2.45) is 0 Å². The van der Waals surface area contributed by atoms with Crippen molar-refractivity contribution in [1.82, 2.24) is 19.9 Å². The Morgan fingerprint density at radius 1 is 1.14 bits per heavy atom. The van der Waals surface area contributed by atoms with Crippen LogP contribution in [-0.4, -0.2) is 72.7 Å². The van der Waals surface area contributed by atoms with Gasteiger partial charge in [0.2, 0.25) is 15.9 Å². The van der Waals surface area contributed by atoms with Crippen LogP contribution in [0, 0.1) is 0 Å². The third-order valence-electron chi connectivity index (χ3n) is 4.79. The van der Waals surface area contributed by atoms with E-state index in [-0.39, 0.29) is 5.75 Å². The molecule has 1 aromatic carbocycles. The fraction of sp³-hybridized carbons (Fsp3) is 0.286. The van der Waals surface area contributed by atoms with Crippen LogP contribution in [-0.2, 0) is 14.8 Å². The maximum atomic E-state index is 12.7. The van der Waals surface area contributed by atoms with Crippen molar-refractivity contribution in [2.45, 2.75) is 6.18 Å². The monoisotopic (exact) mass is 513 g/mol. The highest BCUT2D eigenvalue weighted by Crippen LogP contribution is 2.28. The summed E-state index contributed by atoms with van der Waals surface area (Å²) in [6.45, 7) is 1.36. The molecule has 0 saturated carbocycles. The number of aromatic nitrogens is 3. The molecule has 3 heterocycles. The van der Waals surface area contributed by atoms with Gasteiger partial charge in [0.1, 0.15) is 5.82 Å². The quantitative estimate of drug-likeness (QED) is 0.544. The number of nitrogens with zero attached hydrogens (tertiary/aromatic N) is 4. The van der Waals surface area contributed by atoms with Gasteiger partial charge in [-0.2, -0.15) is 13.2 Å². The fourth-order valence-corrected chi connectivity index (χ4v) is 4.49. The summed E-state index contributed by atoms with van der Waals surface area (Å²) in [4.78, 5) is 17.8. The Hall–Kier alpha value is -3.65. The Balaban J connectivity index is 0.000000429. The zero-order valence-corrected chi connectivity index (χ0v) is 19.3. The molecule has 188 valence electrons. The molecule has 0 spiro atoms. The van der Waals surface area contributed by atoms with Crippen molar-refractivity contribution >= 4 is 21.8 Å². The highest BCUT2D eigenvalue weighted by atomic mass is 32.2. The fourth-order valence-electron chi connectivity index (χ4n) is 3.12. The number of carboxylic acid groups (broad SMARTS) is 1. The SMILES string of the molecule is COc1ccc(-c2nc(N3CCNCCS3(=O)=O)cn2-c2ccccc2)cn1.O=C(O)C(F)(F)F. The smallest absolute Gasteiger partial charge is 0.481 e. The summed E-state index contributed by atoms with van der Waals surface area (Å²) in [7, 11) is -1.87. The Kier molecular flexibility index (Phi) is 7.96. The van der Waals surface area contributed by atoms with Crippen LogP contribution >= 0.6 is 0 Å². The number of hydrogen-bond acceptors (Lipinski definition) is 7. The number of para-hydroxylation sites is 1. The summed E-state index contributed by atoms with van der Waals surface area (Å²) in [5.41, 5.74) is 1.65. The summed E-state index contributed by atoms with van der Waals surface area (Å²) < 4.78 is 65.5. The molecule has 2 N–H and O–H groups in total. The Labute approximate surface area is 199 Å². The molecule has 1 aliphatic rings. The third kappa shape index (κ3) is 6.48. The number of halogens is 3. The second-order valence-electron chi connectivity index (χ2n) is 7.16. The van der Waals surface area contributed by atoms with Gasteiger partial charge in [-0.1, -0.05) is 18.2 Å². The summed E-state index contributed by atoms with van der Waals surface area (Å²) >= 11 is 0. The number of rotatable bonds is 4. The molecule has 0 unspecified atom stereocenters. The molecular formula is C21H22F3N5O5S. The highest BCUT2D eigenvalue weighted by Gasteiger charge is 2.38. The number of methoxy groups -OCH3 is 1. The largest absolute Gasteiger partial charge is 0.490 e. The number of benzene rings is 1. The number of aliphatic carboxylic acids is 1. The number of pyridine rings is 1. The first-order valence-corrected chi connectivity index (χ1v) is 11.8. The highest BCUT2D eigenvalue weighted by molar-refractivity contribution is 7.92. The zero-order valence-electron chi connectivity index (χ0n) is 18.4. The van der Waals surface area contributed by atoms with E-state index >= 15 is 0 Å². The summed E-state index contributed by atoms with van der Waals surface area (Å²) in [5.74, 6) is -1.19. The average Bonchev–Trinajstić information content (AvgIpc) is 3.18. The van der Waals surface area contributed by atoms with Gasteiger partial charge in [0.05, 0.1) is 19.1 Å². The lowest BCUT2D eigenvalue weighted by atomic mass is 10.2. The molecule has 1 saturated heterocycles. The summed E-state index contributed by atoms with van der Waals surface area (Å²) in [5, 5.41) is 10.2. The van der Waals surface area contributed by atoms with Crippen LogP contribution in [0.4, 0.5) is 19.0 Å². The van der Waals surface area contributed by atoms with Crippen LogP contribution in [0.1, 0.15) is 0 Å². The van der Waals surface area contributed by atoms with Gasteiger partial charge in [-0.05, 0) is 18.2 Å². The van der Waals surface area contributed by atoms with Crippen molar-refractivity contribution < 1.29 is 36.2 Å². The number of hydrogen-bond donors (Lipinski definition) is 2. The number of carboxylic acids is 1. The van der Waals surface area contributed by atoms with Crippen LogP contribution in [0.5, 0.6) is 5.88 Å². The Bertz CT molecular complexity index is 1250. The third-order valence-corrected chi connectivity index (χ3v) is 6.55. The first-order valence-electron chi connectivity index (χ1n) is 10.2. The molecule has 0 atom stereocenters. The molecule has 1 aliphatic heterocycles. The van der Waals surface area contributed by atoms with Crippen molar-refractivity contribution in [3.8, 4) is 23.0 Å².